The molecule has 0 saturated carbocycles. The lowest BCUT2D eigenvalue weighted by molar-refractivity contribution is -0.120. The largest absolute Gasteiger partial charge is 0.351 e. The Morgan fingerprint density at radius 1 is 1.40 bits per heavy atom. The van der Waals surface area contributed by atoms with Crippen molar-refractivity contribution < 1.29 is 9.59 Å². The zero-order valence-electron chi connectivity index (χ0n) is 11.0. The third kappa shape index (κ3) is 3.26. The first-order chi connectivity index (χ1) is 9.49. The number of thioether (sulfide) groups is 1. The van der Waals surface area contributed by atoms with Gasteiger partial charge in [0.05, 0.1) is 5.25 Å². The molecule has 20 heavy (non-hydrogen) atoms. The molecule has 0 aliphatic rings. The van der Waals surface area contributed by atoms with E-state index in [2.05, 4.69) is 15.3 Å². The Bertz CT molecular complexity index is 641. The second-order valence-corrected chi connectivity index (χ2v) is 6.48. The number of carbonyl (C=O) groups excluding carboxylic acids is 2. The van der Waals surface area contributed by atoms with Gasteiger partial charge in [-0.1, -0.05) is 25.6 Å². The molecular formula is C12H14N4O2S2. The van der Waals surface area contributed by atoms with E-state index in [-0.39, 0.29) is 5.92 Å². The van der Waals surface area contributed by atoms with Gasteiger partial charge in [-0.15, -0.1) is 11.3 Å². The van der Waals surface area contributed by atoms with Gasteiger partial charge in [0.2, 0.25) is 5.91 Å². The number of fused-ring (bicyclic) bond motifs is 1. The maximum atomic E-state index is 12.0. The maximum absolute atomic E-state index is 12.0. The lowest BCUT2D eigenvalue weighted by atomic mass is 10.1. The average Bonchev–Trinajstić information content (AvgIpc) is 2.83. The van der Waals surface area contributed by atoms with E-state index < -0.39 is 17.2 Å². The predicted octanol–water partition coefficient (Wildman–Crippen LogP) is 2.00. The van der Waals surface area contributed by atoms with E-state index >= 15 is 0 Å². The molecule has 8 heteroatoms. The lowest BCUT2D eigenvalue weighted by Gasteiger charge is -2.18. The van der Waals surface area contributed by atoms with Crippen molar-refractivity contribution in [2.24, 2.45) is 11.7 Å². The van der Waals surface area contributed by atoms with Gasteiger partial charge in [0.1, 0.15) is 16.2 Å². The molecule has 1 unspecified atom stereocenters. The SMILES string of the molecule is CC(C)C(Sc1ncnc2sccc12)C(=O)NC(N)=O. The number of rotatable bonds is 4. The summed E-state index contributed by atoms with van der Waals surface area (Å²) in [6.45, 7) is 3.81. The van der Waals surface area contributed by atoms with Crippen LogP contribution in [0.4, 0.5) is 4.79 Å². The summed E-state index contributed by atoms with van der Waals surface area (Å²) in [7, 11) is 0. The van der Waals surface area contributed by atoms with Gasteiger partial charge in [-0.2, -0.15) is 0 Å². The Balaban J connectivity index is 2.26. The summed E-state index contributed by atoms with van der Waals surface area (Å²) in [5.41, 5.74) is 4.99. The molecule has 0 aliphatic carbocycles. The second kappa shape index (κ2) is 6.19. The van der Waals surface area contributed by atoms with Gasteiger partial charge >= 0.3 is 6.03 Å². The van der Waals surface area contributed by atoms with Crippen LogP contribution in [-0.4, -0.2) is 27.2 Å². The summed E-state index contributed by atoms with van der Waals surface area (Å²) < 4.78 is 0. The van der Waals surface area contributed by atoms with Gasteiger partial charge in [-0.05, 0) is 17.4 Å². The fourth-order valence-corrected chi connectivity index (χ4v) is 3.54. The fraction of sp³-hybridized carbons (Fsp3) is 0.333. The molecule has 2 aromatic heterocycles. The van der Waals surface area contributed by atoms with Crippen molar-refractivity contribution in [1.29, 1.82) is 0 Å². The Morgan fingerprint density at radius 2 is 2.15 bits per heavy atom. The van der Waals surface area contributed by atoms with Gasteiger partial charge in [-0.25, -0.2) is 14.8 Å². The molecular weight excluding hydrogens is 296 g/mol. The number of hydrogen-bond acceptors (Lipinski definition) is 6. The Labute approximate surface area is 124 Å². The van der Waals surface area contributed by atoms with Gasteiger partial charge in [0.25, 0.3) is 0 Å². The standard InChI is InChI=1S/C12H14N4O2S2/c1-6(2)8(9(17)16-12(13)18)20-11-7-3-4-19-10(7)14-5-15-11/h3-6,8H,1-2H3,(H3,13,16,17,18). The van der Waals surface area contributed by atoms with Crippen LogP contribution in [0.15, 0.2) is 22.8 Å². The molecule has 0 bridgehead atoms. The summed E-state index contributed by atoms with van der Waals surface area (Å²) >= 11 is 2.83. The van der Waals surface area contributed by atoms with E-state index in [9.17, 15) is 9.59 Å². The van der Waals surface area contributed by atoms with E-state index in [4.69, 9.17) is 5.73 Å². The Hall–Kier alpha value is -1.67. The third-order valence-corrected chi connectivity index (χ3v) is 4.96. The molecule has 2 aromatic rings. The Morgan fingerprint density at radius 3 is 2.80 bits per heavy atom. The molecule has 2 rings (SSSR count). The van der Waals surface area contributed by atoms with Crippen LogP contribution in [0.25, 0.3) is 10.2 Å². The van der Waals surface area contributed by atoms with Gasteiger partial charge < -0.3 is 5.73 Å². The van der Waals surface area contributed by atoms with Crippen LogP contribution in [0.2, 0.25) is 0 Å². The molecule has 0 spiro atoms. The molecule has 0 aliphatic heterocycles. The number of nitrogens with zero attached hydrogens (tertiary/aromatic N) is 2. The number of thiophene rings is 1. The monoisotopic (exact) mass is 310 g/mol. The number of urea groups is 1. The fourth-order valence-electron chi connectivity index (χ4n) is 1.67. The molecule has 1 atom stereocenters. The minimum absolute atomic E-state index is 0.0306. The van der Waals surface area contributed by atoms with Crippen molar-refractivity contribution >= 4 is 45.3 Å². The van der Waals surface area contributed by atoms with Gasteiger partial charge in [0, 0.05) is 5.39 Å². The molecule has 3 amide bonds. The molecule has 0 radical (unpaired) electrons. The first-order valence-electron chi connectivity index (χ1n) is 5.94. The summed E-state index contributed by atoms with van der Waals surface area (Å²) in [4.78, 5) is 32.1. The van der Waals surface area contributed by atoms with Crippen LogP contribution in [0, 0.1) is 5.92 Å². The number of hydrogen-bond donors (Lipinski definition) is 2. The number of aromatic nitrogens is 2. The van der Waals surface area contributed by atoms with Crippen LogP contribution in [-0.2, 0) is 4.79 Å². The lowest BCUT2D eigenvalue weighted by Crippen LogP contribution is -2.42. The summed E-state index contributed by atoms with van der Waals surface area (Å²) in [5.74, 6) is -0.373. The summed E-state index contributed by atoms with van der Waals surface area (Å²) in [5, 5.41) is 5.26. The molecule has 0 aromatic carbocycles. The summed E-state index contributed by atoms with van der Waals surface area (Å²) in [6.07, 6.45) is 1.48. The molecule has 0 fully saturated rings. The van der Waals surface area contributed by atoms with Gasteiger partial charge in [0.15, 0.2) is 0 Å². The first-order valence-corrected chi connectivity index (χ1v) is 7.70. The minimum Gasteiger partial charge on any atom is -0.351 e. The number of nitrogens with one attached hydrogen (secondary N) is 1. The van der Waals surface area contributed by atoms with Crippen LogP contribution in [0.5, 0.6) is 0 Å². The molecule has 0 saturated heterocycles. The van der Waals surface area contributed by atoms with E-state index in [1.807, 2.05) is 25.3 Å². The summed E-state index contributed by atoms with van der Waals surface area (Å²) in [6, 6.07) is 1.08. The predicted molar refractivity (Wildman–Crippen MR) is 79.6 cm³/mol. The highest BCUT2D eigenvalue weighted by Crippen LogP contribution is 2.33. The molecule has 106 valence electrons. The van der Waals surface area contributed by atoms with Crippen LogP contribution in [0.1, 0.15) is 13.8 Å². The van der Waals surface area contributed by atoms with Crippen molar-refractivity contribution in [3.05, 3.63) is 17.8 Å². The topological polar surface area (TPSA) is 98.0 Å². The zero-order valence-corrected chi connectivity index (χ0v) is 12.6. The van der Waals surface area contributed by atoms with E-state index in [0.717, 1.165) is 15.2 Å². The van der Waals surface area contributed by atoms with Gasteiger partial charge in [-0.3, -0.25) is 10.1 Å². The molecule has 3 N–H and O–H groups in total. The van der Waals surface area contributed by atoms with Crippen molar-refractivity contribution in [2.45, 2.75) is 24.1 Å². The van der Waals surface area contributed by atoms with E-state index in [1.54, 1.807) is 0 Å². The van der Waals surface area contributed by atoms with E-state index in [0.29, 0.717) is 0 Å². The maximum Gasteiger partial charge on any atom is 0.318 e. The van der Waals surface area contributed by atoms with Crippen LogP contribution < -0.4 is 11.1 Å². The first kappa shape index (κ1) is 14.7. The normalized spacial score (nSPS) is 12.6. The highest BCUT2D eigenvalue weighted by Gasteiger charge is 2.26. The second-order valence-electron chi connectivity index (χ2n) is 4.45. The van der Waals surface area contributed by atoms with Crippen molar-refractivity contribution in [3.63, 3.8) is 0 Å². The van der Waals surface area contributed by atoms with E-state index in [1.165, 1.54) is 29.4 Å². The number of primary amides is 1. The third-order valence-electron chi connectivity index (χ3n) is 2.57. The number of imide groups is 1. The molecule has 6 nitrogen and oxygen atoms in total. The smallest absolute Gasteiger partial charge is 0.318 e. The highest BCUT2D eigenvalue weighted by atomic mass is 32.2. The van der Waals surface area contributed by atoms with Crippen LogP contribution in [0.3, 0.4) is 0 Å². The average molecular weight is 310 g/mol. The van der Waals surface area contributed by atoms with Crippen LogP contribution >= 0.6 is 23.1 Å². The minimum atomic E-state index is -0.843. The molecule has 2 heterocycles. The number of carbonyl (C=O) groups is 2. The van der Waals surface area contributed by atoms with Crippen molar-refractivity contribution in [1.82, 2.24) is 15.3 Å². The van der Waals surface area contributed by atoms with Crippen molar-refractivity contribution in [3.8, 4) is 0 Å². The Kier molecular flexibility index (Phi) is 4.56. The van der Waals surface area contributed by atoms with Crippen molar-refractivity contribution in [2.75, 3.05) is 0 Å². The zero-order chi connectivity index (χ0) is 14.7. The quantitative estimate of drug-likeness (QED) is 0.665. The number of nitrogens with two attached hydrogens (primary N) is 1. The number of amides is 3. The highest BCUT2D eigenvalue weighted by molar-refractivity contribution is 8.00.